The van der Waals surface area contributed by atoms with Crippen LogP contribution < -0.4 is 15.5 Å². The number of aliphatic carboxylic acids is 1. The zero-order chi connectivity index (χ0) is 32.1. The largest absolute Gasteiger partial charge is 0.477 e. The minimum absolute atomic E-state index is 0.0867. The van der Waals surface area contributed by atoms with Crippen molar-refractivity contribution in [2.24, 2.45) is 11.3 Å². The van der Waals surface area contributed by atoms with Gasteiger partial charge in [0.25, 0.3) is 5.91 Å². The summed E-state index contributed by atoms with van der Waals surface area (Å²) >= 11 is 2.18. The number of carbonyl (C=O) groups excluding carboxylic acids is 2. The molecule has 0 heterocycles. The number of hydrogen-bond donors (Lipinski definition) is 3. The van der Waals surface area contributed by atoms with Gasteiger partial charge in [-0.3, -0.25) is 9.69 Å². The van der Waals surface area contributed by atoms with Crippen molar-refractivity contribution in [2.75, 3.05) is 16.8 Å². The molecule has 44 heavy (non-hydrogen) atoms. The number of nitrogens with one attached hydrogen (secondary N) is 2. The first-order chi connectivity index (χ1) is 20.7. The van der Waals surface area contributed by atoms with E-state index in [1.165, 1.54) is 17.7 Å². The Labute approximate surface area is 269 Å². The molecule has 1 aliphatic rings. The summed E-state index contributed by atoms with van der Waals surface area (Å²) in [5, 5.41) is 13.5. The number of nitrogens with zero attached hydrogens (tertiary/aromatic N) is 1. The van der Waals surface area contributed by atoms with Crippen LogP contribution in [0.15, 0.2) is 78.9 Å². The van der Waals surface area contributed by atoms with E-state index in [1.54, 1.807) is 17.0 Å². The fourth-order valence-electron chi connectivity index (χ4n) is 5.09. The molecule has 0 bridgehead atoms. The SMILES string of the molecule is CC(C)(C)C1CC=C(c2ccc(N(Cc3ccc(C(=O)NCC(F)(F)C(=O)O)cc3)C(=O)Nc3cccc(I)c3)cc2)CC1. The molecule has 0 fully saturated rings. The number of anilines is 2. The van der Waals surface area contributed by atoms with Crippen LogP contribution in [0.4, 0.5) is 25.0 Å². The van der Waals surface area contributed by atoms with E-state index in [-0.39, 0.29) is 23.6 Å². The second-order valence-electron chi connectivity index (χ2n) is 12.0. The molecule has 232 valence electrons. The Bertz CT molecular complexity index is 1530. The third kappa shape index (κ3) is 8.64. The fraction of sp³-hybridized carbons (Fsp3) is 0.324. The molecule has 1 aliphatic carbocycles. The van der Waals surface area contributed by atoms with Gasteiger partial charge in [-0.1, -0.05) is 57.2 Å². The quantitative estimate of drug-likeness (QED) is 0.195. The van der Waals surface area contributed by atoms with Crippen LogP contribution in [0.2, 0.25) is 0 Å². The molecule has 3 aromatic rings. The van der Waals surface area contributed by atoms with E-state index in [0.717, 1.165) is 28.4 Å². The van der Waals surface area contributed by atoms with Crippen LogP contribution in [0.1, 0.15) is 61.5 Å². The highest BCUT2D eigenvalue weighted by Gasteiger charge is 2.39. The van der Waals surface area contributed by atoms with E-state index in [1.807, 2.05) is 53.8 Å². The van der Waals surface area contributed by atoms with Crippen molar-refractivity contribution in [3.63, 3.8) is 0 Å². The lowest BCUT2D eigenvalue weighted by Gasteiger charge is -2.33. The Morgan fingerprint density at radius 3 is 2.25 bits per heavy atom. The van der Waals surface area contributed by atoms with Crippen LogP contribution in [-0.4, -0.2) is 35.5 Å². The highest BCUT2D eigenvalue weighted by atomic mass is 127. The van der Waals surface area contributed by atoms with Gasteiger partial charge in [0.1, 0.15) is 0 Å². The Balaban J connectivity index is 1.52. The topological polar surface area (TPSA) is 98.7 Å². The van der Waals surface area contributed by atoms with Crippen LogP contribution >= 0.6 is 22.6 Å². The number of alkyl halides is 2. The van der Waals surface area contributed by atoms with E-state index >= 15 is 0 Å². The number of benzene rings is 3. The second-order valence-corrected chi connectivity index (χ2v) is 13.3. The number of carbonyl (C=O) groups is 3. The third-order valence-corrected chi connectivity index (χ3v) is 8.52. The minimum atomic E-state index is -4.07. The van der Waals surface area contributed by atoms with Gasteiger partial charge in [0.15, 0.2) is 0 Å². The first kappa shape index (κ1) is 33.1. The number of halogens is 3. The van der Waals surface area contributed by atoms with Crippen LogP contribution in [0.5, 0.6) is 0 Å². The number of amides is 3. The molecule has 3 amide bonds. The minimum Gasteiger partial charge on any atom is -0.477 e. The van der Waals surface area contributed by atoms with Gasteiger partial charge in [0, 0.05) is 20.5 Å². The van der Waals surface area contributed by atoms with Crippen molar-refractivity contribution in [1.82, 2.24) is 5.32 Å². The Morgan fingerprint density at radius 2 is 1.68 bits per heavy atom. The predicted molar refractivity (Wildman–Crippen MR) is 177 cm³/mol. The van der Waals surface area contributed by atoms with Crippen LogP contribution in [0.25, 0.3) is 5.57 Å². The Kier molecular flexibility index (Phi) is 10.4. The maximum atomic E-state index is 13.6. The van der Waals surface area contributed by atoms with Gasteiger partial charge in [0.05, 0.1) is 13.1 Å². The summed E-state index contributed by atoms with van der Waals surface area (Å²) in [5.41, 5.74) is 4.82. The van der Waals surface area contributed by atoms with Gasteiger partial charge in [0.2, 0.25) is 0 Å². The van der Waals surface area contributed by atoms with Gasteiger partial charge >= 0.3 is 17.9 Å². The normalized spacial score (nSPS) is 15.2. The number of urea groups is 1. The highest BCUT2D eigenvalue weighted by Crippen LogP contribution is 2.40. The van der Waals surface area contributed by atoms with Gasteiger partial charge in [-0.2, -0.15) is 8.78 Å². The summed E-state index contributed by atoms with van der Waals surface area (Å²) in [5.74, 6) is -6.56. The monoisotopic (exact) mass is 715 g/mol. The summed E-state index contributed by atoms with van der Waals surface area (Å²) < 4.78 is 27.7. The molecule has 0 spiro atoms. The van der Waals surface area contributed by atoms with E-state index in [9.17, 15) is 23.2 Å². The number of rotatable bonds is 9. The summed E-state index contributed by atoms with van der Waals surface area (Å²) in [6.07, 6.45) is 5.51. The molecule has 7 nitrogen and oxygen atoms in total. The molecule has 0 radical (unpaired) electrons. The average molecular weight is 716 g/mol. The second kappa shape index (κ2) is 13.9. The first-order valence-electron chi connectivity index (χ1n) is 14.3. The third-order valence-electron chi connectivity index (χ3n) is 7.85. The maximum absolute atomic E-state index is 13.6. The average Bonchev–Trinajstić information content (AvgIpc) is 2.98. The fourth-order valence-corrected chi connectivity index (χ4v) is 5.63. The summed E-state index contributed by atoms with van der Waals surface area (Å²) in [6, 6.07) is 21.2. The first-order valence-corrected chi connectivity index (χ1v) is 15.4. The van der Waals surface area contributed by atoms with Crippen molar-refractivity contribution in [3.8, 4) is 0 Å². The summed E-state index contributed by atoms with van der Waals surface area (Å²) in [7, 11) is 0. The number of carboxylic acids is 1. The van der Waals surface area contributed by atoms with Gasteiger partial charge in [-0.25, -0.2) is 9.59 Å². The zero-order valence-electron chi connectivity index (χ0n) is 24.9. The van der Waals surface area contributed by atoms with E-state index in [4.69, 9.17) is 5.11 Å². The van der Waals surface area contributed by atoms with Gasteiger partial charge in [-0.05, 0) is 112 Å². The Morgan fingerprint density at radius 1 is 1.00 bits per heavy atom. The van der Waals surface area contributed by atoms with Crippen molar-refractivity contribution in [1.29, 1.82) is 0 Å². The smallest absolute Gasteiger partial charge is 0.376 e. The molecule has 3 N–H and O–H groups in total. The molecular formula is C34H36F2IN3O4. The lowest BCUT2D eigenvalue weighted by molar-refractivity contribution is -0.163. The maximum Gasteiger partial charge on any atom is 0.376 e. The van der Waals surface area contributed by atoms with Gasteiger partial charge < -0.3 is 15.7 Å². The summed E-state index contributed by atoms with van der Waals surface area (Å²) in [6.45, 7) is 5.71. The molecule has 0 saturated heterocycles. The van der Waals surface area contributed by atoms with Crippen LogP contribution in [-0.2, 0) is 11.3 Å². The van der Waals surface area contributed by atoms with E-state index in [0.29, 0.717) is 22.9 Å². The molecule has 4 rings (SSSR count). The van der Waals surface area contributed by atoms with E-state index < -0.39 is 24.3 Å². The summed E-state index contributed by atoms with van der Waals surface area (Å²) in [4.78, 5) is 38.1. The van der Waals surface area contributed by atoms with Crippen molar-refractivity contribution >= 4 is 57.4 Å². The molecule has 0 aromatic heterocycles. The zero-order valence-corrected chi connectivity index (χ0v) is 27.0. The number of hydrogen-bond acceptors (Lipinski definition) is 3. The van der Waals surface area contributed by atoms with Crippen molar-refractivity contribution < 1.29 is 28.3 Å². The number of allylic oxidation sites excluding steroid dienone is 2. The molecule has 0 aliphatic heterocycles. The van der Waals surface area contributed by atoms with Crippen molar-refractivity contribution in [3.05, 3.63) is 99.1 Å². The molecule has 10 heteroatoms. The number of carboxylic acid groups (broad SMARTS) is 1. The Hall–Kier alpha value is -3.80. The molecule has 1 unspecified atom stereocenters. The molecule has 0 saturated carbocycles. The standard InChI is InChI=1S/C34H36F2IN3O4/c1-33(2,3)26-15-11-23(12-16-26)24-13-17-29(18-14-24)40(32(44)39-28-6-4-5-27(37)19-28)20-22-7-9-25(10-8-22)30(41)38-21-34(35,36)31(42)43/h4-11,13-14,17-19,26H,12,15-16,20-21H2,1-3H3,(H,38,41)(H,39,44)(H,42,43). The molecule has 3 aromatic carbocycles. The molecular weight excluding hydrogens is 679 g/mol. The van der Waals surface area contributed by atoms with Crippen LogP contribution in [0.3, 0.4) is 0 Å². The lowest BCUT2D eigenvalue weighted by Crippen LogP contribution is -2.42. The van der Waals surface area contributed by atoms with Gasteiger partial charge in [-0.15, -0.1) is 0 Å². The highest BCUT2D eigenvalue weighted by molar-refractivity contribution is 14.1. The van der Waals surface area contributed by atoms with Crippen LogP contribution in [0, 0.1) is 14.9 Å². The van der Waals surface area contributed by atoms with Crippen molar-refractivity contribution in [2.45, 2.75) is 52.5 Å². The van der Waals surface area contributed by atoms with E-state index in [2.05, 4.69) is 54.8 Å². The lowest BCUT2D eigenvalue weighted by atomic mass is 9.72. The predicted octanol–water partition coefficient (Wildman–Crippen LogP) is 8.21. The molecule has 1 atom stereocenters.